The number of anilines is 3. The van der Waals surface area contributed by atoms with Gasteiger partial charge in [0.2, 0.25) is 0 Å². The summed E-state index contributed by atoms with van der Waals surface area (Å²) in [5, 5.41) is 11.8. The van der Waals surface area contributed by atoms with Gasteiger partial charge in [-0.05, 0) is 60.7 Å². The number of hydrogen-bond donors (Lipinski definition) is 0. The van der Waals surface area contributed by atoms with E-state index in [4.69, 9.17) is 4.74 Å². The lowest BCUT2D eigenvalue weighted by atomic mass is 10.1. The van der Waals surface area contributed by atoms with Crippen LogP contribution in [0.1, 0.15) is 10.4 Å². The zero-order chi connectivity index (χ0) is 26.6. The summed E-state index contributed by atoms with van der Waals surface area (Å²) in [7, 11) is 1.64. The first-order chi connectivity index (χ1) is 18.4. The van der Waals surface area contributed by atoms with Crippen molar-refractivity contribution in [1.29, 1.82) is 0 Å². The highest BCUT2D eigenvalue weighted by molar-refractivity contribution is 5.94. The van der Waals surface area contributed by atoms with Crippen molar-refractivity contribution >= 4 is 28.7 Å². The molecule has 0 atom stereocenters. The maximum Gasteiger partial charge on any atom is 0.292 e. The molecule has 2 aliphatic heterocycles. The molecule has 0 unspecified atom stereocenters. The second-order valence-electron chi connectivity index (χ2n) is 9.39. The van der Waals surface area contributed by atoms with Gasteiger partial charge in [0.05, 0.1) is 12.0 Å². The maximum atomic E-state index is 13.2. The lowest BCUT2D eigenvalue weighted by molar-refractivity contribution is -0.384. The van der Waals surface area contributed by atoms with Gasteiger partial charge in [0, 0.05) is 75.4 Å². The number of nitro benzene ring substituents is 1. The van der Waals surface area contributed by atoms with Crippen LogP contribution in [0.4, 0.5) is 27.1 Å². The second-order valence-corrected chi connectivity index (χ2v) is 9.39. The van der Waals surface area contributed by atoms with Gasteiger partial charge >= 0.3 is 0 Å². The molecule has 38 heavy (non-hydrogen) atoms. The molecule has 0 aliphatic carbocycles. The average molecular weight is 520 g/mol. The van der Waals surface area contributed by atoms with Crippen molar-refractivity contribution < 1.29 is 18.8 Å². The van der Waals surface area contributed by atoms with Gasteiger partial charge in [-0.1, -0.05) is 0 Å². The number of halogens is 1. The van der Waals surface area contributed by atoms with Crippen molar-refractivity contribution in [3.05, 3.63) is 88.2 Å². The van der Waals surface area contributed by atoms with Crippen molar-refractivity contribution in [2.45, 2.75) is 0 Å². The molecule has 10 heteroatoms. The van der Waals surface area contributed by atoms with E-state index in [9.17, 15) is 19.3 Å². The van der Waals surface area contributed by atoms with Crippen LogP contribution in [0.15, 0.2) is 66.7 Å². The summed E-state index contributed by atoms with van der Waals surface area (Å²) in [6.07, 6.45) is 0. The van der Waals surface area contributed by atoms with Gasteiger partial charge in [0.1, 0.15) is 17.3 Å². The molecule has 0 saturated carbocycles. The number of carbonyl (C=O) groups is 1. The van der Waals surface area contributed by atoms with Gasteiger partial charge in [0.25, 0.3) is 11.6 Å². The van der Waals surface area contributed by atoms with Crippen LogP contribution < -0.4 is 19.4 Å². The minimum atomic E-state index is -0.373. The van der Waals surface area contributed by atoms with E-state index in [1.54, 1.807) is 24.1 Å². The van der Waals surface area contributed by atoms with Gasteiger partial charge in [-0.25, -0.2) is 4.39 Å². The van der Waals surface area contributed by atoms with Crippen LogP contribution >= 0.6 is 0 Å². The standard InChI is InChI=1S/C28H30FN5O4/c1-38-25-9-6-23(7-10-25)30-12-16-32(17-13-30)27-20-24(8-11-26(27)34(36)37)31-14-18-33(19-15-31)28(35)21-2-4-22(29)5-3-21/h2-11,20H,12-19H2,1H3. The molecular weight excluding hydrogens is 489 g/mol. The predicted molar refractivity (Wildman–Crippen MR) is 145 cm³/mol. The fourth-order valence-corrected chi connectivity index (χ4v) is 5.06. The summed E-state index contributed by atoms with van der Waals surface area (Å²) >= 11 is 0. The first-order valence-corrected chi connectivity index (χ1v) is 12.6. The van der Waals surface area contributed by atoms with E-state index in [1.165, 1.54) is 24.3 Å². The summed E-state index contributed by atoms with van der Waals surface area (Å²) < 4.78 is 18.5. The zero-order valence-corrected chi connectivity index (χ0v) is 21.3. The monoisotopic (exact) mass is 519 g/mol. The molecule has 5 rings (SSSR count). The van der Waals surface area contributed by atoms with Crippen LogP contribution in [0, 0.1) is 15.9 Å². The van der Waals surface area contributed by atoms with E-state index in [-0.39, 0.29) is 22.3 Å². The maximum absolute atomic E-state index is 13.2. The Morgan fingerprint density at radius 2 is 1.34 bits per heavy atom. The Morgan fingerprint density at radius 1 is 0.789 bits per heavy atom. The van der Waals surface area contributed by atoms with Crippen molar-refractivity contribution in [3.8, 4) is 5.75 Å². The molecule has 0 spiro atoms. The molecule has 9 nitrogen and oxygen atoms in total. The highest BCUT2D eigenvalue weighted by Gasteiger charge is 2.27. The first kappa shape index (κ1) is 25.3. The van der Waals surface area contributed by atoms with E-state index in [2.05, 4.69) is 14.7 Å². The molecule has 0 bridgehead atoms. The summed E-state index contributed by atoms with van der Waals surface area (Å²) in [6.45, 7) is 5.07. The summed E-state index contributed by atoms with van der Waals surface area (Å²) in [5.74, 6) is 0.312. The van der Waals surface area contributed by atoms with Crippen LogP contribution in [-0.4, -0.2) is 75.2 Å². The molecule has 3 aromatic carbocycles. The fourth-order valence-electron chi connectivity index (χ4n) is 5.06. The van der Waals surface area contributed by atoms with Gasteiger partial charge in [-0.3, -0.25) is 14.9 Å². The molecule has 2 fully saturated rings. The average Bonchev–Trinajstić information content (AvgIpc) is 2.97. The lowest BCUT2D eigenvalue weighted by Crippen LogP contribution is -2.49. The molecule has 2 saturated heterocycles. The quantitative estimate of drug-likeness (QED) is 0.359. The Labute approximate surface area is 220 Å². The Hall–Kier alpha value is -4.34. The van der Waals surface area contributed by atoms with E-state index < -0.39 is 0 Å². The van der Waals surface area contributed by atoms with Gasteiger partial charge in [-0.2, -0.15) is 0 Å². The highest BCUT2D eigenvalue weighted by atomic mass is 19.1. The first-order valence-electron chi connectivity index (χ1n) is 12.6. The Morgan fingerprint density at radius 3 is 1.95 bits per heavy atom. The molecule has 1 amide bonds. The number of ether oxygens (including phenoxy) is 1. The summed E-state index contributed by atoms with van der Waals surface area (Å²) in [5.41, 5.74) is 3.17. The Kier molecular flexibility index (Phi) is 7.30. The molecular formula is C28H30FN5O4. The van der Waals surface area contributed by atoms with E-state index in [1.807, 2.05) is 30.3 Å². The van der Waals surface area contributed by atoms with Crippen LogP contribution in [-0.2, 0) is 0 Å². The molecule has 0 radical (unpaired) electrons. The fraction of sp³-hybridized carbons (Fsp3) is 0.321. The topological polar surface area (TPSA) is 82.4 Å². The van der Waals surface area contributed by atoms with Gasteiger partial charge < -0.3 is 24.3 Å². The Bertz CT molecular complexity index is 1290. The van der Waals surface area contributed by atoms with Crippen LogP contribution in [0.2, 0.25) is 0 Å². The molecule has 198 valence electrons. The molecule has 2 aliphatic rings. The SMILES string of the molecule is COc1ccc(N2CCN(c3cc(N4CCN(C(=O)c5ccc(F)cc5)CC4)ccc3[N+](=O)[O-])CC2)cc1. The summed E-state index contributed by atoms with van der Waals surface area (Å²) in [4.78, 5) is 32.6. The predicted octanol–water partition coefficient (Wildman–Crippen LogP) is 4.03. The van der Waals surface area contributed by atoms with E-state index >= 15 is 0 Å². The number of nitrogens with zero attached hydrogens (tertiary/aromatic N) is 5. The van der Waals surface area contributed by atoms with Crippen molar-refractivity contribution in [2.24, 2.45) is 0 Å². The third-order valence-electron chi connectivity index (χ3n) is 7.24. The van der Waals surface area contributed by atoms with Crippen molar-refractivity contribution in [3.63, 3.8) is 0 Å². The van der Waals surface area contributed by atoms with Crippen LogP contribution in [0.3, 0.4) is 0 Å². The number of amides is 1. The molecule has 0 N–H and O–H groups in total. The molecule has 0 aromatic heterocycles. The minimum Gasteiger partial charge on any atom is -0.497 e. The summed E-state index contributed by atoms with van der Waals surface area (Å²) in [6, 6.07) is 18.8. The molecule has 3 aromatic rings. The number of carbonyl (C=O) groups excluding carboxylic acids is 1. The van der Waals surface area contributed by atoms with Gasteiger partial charge in [-0.15, -0.1) is 0 Å². The van der Waals surface area contributed by atoms with Crippen LogP contribution in [0.25, 0.3) is 0 Å². The number of piperazine rings is 2. The van der Waals surface area contributed by atoms with Crippen LogP contribution in [0.5, 0.6) is 5.75 Å². The second kappa shape index (κ2) is 11.0. The number of methoxy groups -OCH3 is 1. The van der Waals surface area contributed by atoms with Gasteiger partial charge in [0.15, 0.2) is 0 Å². The normalized spacial score (nSPS) is 15.9. The molecule has 2 heterocycles. The van der Waals surface area contributed by atoms with Crippen molar-refractivity contribution in [1.82, 2.24) is 4.90 Å². The smallest absolute Gasteiger partial charge is 0.292 e. The minimum absolute atomic E-state index is 0.0942. The third kappa shape index (κ3) is 5.34. The van der Waals surface area contributed by atoms with E-state index in [0.717, 1.165) is 30.2 Å². The number of nitro groups is 1. The highest BCUT2D eigenvalue weighted by Crippen LogP contribution is 2.34. The Balaban J connectivity index is 1.25. The number of benzene rings is 3. The third-order valence-corrected chi connectivity index (χ3v) is 7.24. The van der Waals surface area contributed by atoms with Crippen molar-refractivity contribution in [2.75, 3.05) is 74.2 Å². The van der Waals surface area contributed by atoms with E-state index in [0.29, 0.717) is 50.5 Å². The lowest BCUT2D eigenvalue weighted by Gasteiger charge is -2.38. The zero-order valence-electron chi connectivity index (χ0n) is 21.3. The largest absolute Gasteiger partial charge is 0.497 e. The number of hydrogen-bond acceptors (Lipinski definition) is 7. The number of rotatable bonds is 6.